The van der Waals surface area contributed by atoms with Crippen LogP contribution in [0.25, 0.3) is 0 Å². The van der Waals surface area contributed by atoms with Crippen molar-refractivity contribution in [2.45, 2.75) is 38.1 Å². The first-order valence-electron chi connectivity index (χ1n) is 5.00. The van der Waals surface area contributed by atoms with E-state index in [2.05, 4.69) is 9.55 Å². The Morgan fingerprint density at radius 2 is 2.43 bits per heavy atom. The van der Waals surface area contributed by atoms with Crippen LogP contribution in [0, 0.1) is 0 Å². The van der Waals surface area contributed by atoms with E-state index in [1.165, 1.54) is 19.3 Å². The van der Waals surface area contributed by atoms with Crippen molar-refractivity contribution >= 4 is 5.97 Å². The molecule has 0 radical (unpaired) electrons. The van der Waals surface area contributed by atoms with Crippen LogP contribution in [0.2, 0.25) is 0 Å². The van der Waals surface area contributed by atoms with Gasteiger partial charge in [0.25, 0.3) is 0 Å². The molecule has 0 aromatic carbocycles. The van der Waals surface area contributed by atoms with Crippen molar-refractivity contribution < 1.29 is 9.90 Å². The molecule has 0 atom stereocenters. The summed E-state index contributed by atoms with van der Waals surface area (Å²) in [7, 11) is 0. The van der Waals surface area contributed by atoms with E-state index in [1.807, 2.05) is 6.33 Å². The zero-order chi connectivity index (χ0) is 9.97. The molecule has 0 spiro atoms. The van der Waals surface area contributed by atoms with Crippen molar-refractivity contribution in [2.75, 3.05) is 0 Å². The molecule has 1 aromatic heterocycles. The summed E-state index contributed by atoms with van der Waals surface area (Å²) in [6.45, 7) is 0. The standard InChI is InChI=1S/C10H14N2O2/c13-10(14)5-4-9-6-11-7-12(9)8-2-1-3-8/h6-8H,1-5H2,(H,13,14). The third kappa shape index (κ3) is 1.78. The Balaban J connectivity index is 2.01. The maximum atomic E-state index is 10.4. The van der Waals surface area contributed by atoms with Gasteiger partial charge in [-0.05, 0) is 25.7 Å². The van der Waals surface area contributed by atoms with Crippen LogP contribution < -0.4 is 0 Å². The third-order valence-corrected chi connectivity index (χ3v) is 2.81. The Kier molecular flexibility index (Phi) is 2.52. The minimum atomic E-state index is -0.744. The summed E-state index contributed by atoms with van der Waals surface area (Å²) >= 11 is 0. The molecule has 2 rings (SSSR count). The number of nitrogens with zero attached hydrogens (tertiary/aromatic N) is 2. The van der Waals surface area contributed by atoms with Gasteiger partial charge in [0, 0.05) is 17.9 Å². The Hall–Kier alpha value is -1.32. The normalized spacial score (nSPS) is 16.6. The average Bonchev–Trinajstić information content (AvgIpc) is 2.46. The van der Waals surface area contributed by atoms with Crippen LogP contribution in [0.3, 0.4) is 0 Å². The fourth-order valence-corrected chi connectivity index (χ4v) is 1.75. The van der Waals surface area contributed by atoms with Crippen LogP contribution in [-0.4, -0.2) is 20.6 Å². The highest BCUT2D eigenvalue weighted by Gasteiger charge is 2.21. The summed E-state index contributed by atoms with van der Waals surface area (Å²) in [5.41, 5.74) is 1.05. The fraction of sp³-hybridized carbons (Fsp3) is 0.600. The molecule has 1 aliphatic rings. The van der Waals surface area contributed by atoms with Crippen molar-refractivity contribution in [3.05, 3.63) is 18.2 Å². The van der Waals surface area contributed by atoms with Crippen molar-refractivity contribution in [3.8, 4) is 0 Å². The number of rotatable bonds is 4. The number of imidazole rings is 1. The molecule has 0 amide bonds. The molecule has 76 valence electrons. The Bertz CT molecular complexity index is 329. The van der Waals surface area contributed by atoms with Gasteiger partial charge >= 0.3 is 5.97 Å². The molecule has 0 unspecified atom stereocenters. The number of aromatic nitrogens is 2. The zero-order valence-corrected chi connectivity index (χ0v) is 8.02. The van der Waals surface area contributed by atoms with Gasteiger partial charge in [0.1, 0.15) is 0 Å². The molecule has 4 heteroatoms. The second-order valence-corrected chi connectivity index (χ2v) is 3.77. The van der Waals surface area contributed by atoms with E-state index < -0.39 is 5.97 Å². The molecule has 1 heterocycles. The second kappa shape index (κ2) is 3.82. The van der Waals surface area contributed by atoms with Gasteiger partial charge in [0.2, 0.25) is 0 Å². The second-order valence-electron chi connectivity index (χ2n) is 3.77. The maximum absolute atomic E-state index is 10.4. The van der Waals surface area contributed by atoms with Gasteiger partial charge in [-0.25, -0.2) is 4.98 Å². The van der Waals surface area contributed by atoms with Crippen LogP contribution in [0.15, 0.2) is 12.5 Å². The van der Waals surface area contributed by atoms with Crippen LogP contribution in [0.5, 0.6) is 0 Å². The molecular formula is C10H14N2O2. The lowest BCUT2D eigenvalue weighted by molar-refractivity contribution is -0.137. The third-order valence-electron chi connectivity index (χ3n) is 2.81. The molecule has 0 saturated heterocycles. The Labute approximate surface area is 82.6 Å². The van der Waals surface area contributed by atoms with Crippen molar-refractivity contribution in [2.24, 2.45) is 0 Å². The maximum Gasteiger partial charge on any atom is 0.303 e. The van der Waals surface area contributed by atoms with Gasteiger partial charge in [-0.2, -0.15) is 0 Å². The van der Waals surface area contributed by atoms with E-state index in [4.69, 9.17) is 5.11 Å². The molecular weight excluding hydrogens is 180 g/mol. The molecule has 0 aliphatic heterocycles. The lowest BCUT2D eigenvalue weighted by Gasteiger charge is -2.28. The minimum Gasteiger partial charge on any atom is -0.481 e. The molecule has 0 bridgehead atoms. The van der Waals surface area contributed by atoms with Gasteiger partial charge in [0.15, 0.2) is 0 Å². The monoisotopic (exact) mass is 194 g/mol. The molecule has 1 saturated carbocycles. The number of hydrogen-bond donors (Lipinski definition) is 1. The summed E-state index contributed by atoms with van der Waals surface area (Å²) in [5, 5.41) is 8.58. The molecule has 1 aromatic rings. The van der Waals surface area contributed by atoms with Crippen molar-refractivity contribution in [1.82, 2.24) is 9.55 Å². The number of carboxylic acid groups (broad SMARTS) is 1. The Morgan fingerprint density at radius 3 is 3.00 bits per heavy atom. The highest BCUT2D eigenvalue weighted by Crippen LogP contribution is 2.32. The first kappa shape index (κ1) is 9.24. The summed E-state index contributed by atoms with van der Waals surface area (Å²) < 4.78 is 2.13. The molecule has 1 aliphatic carbocycles. The lowest BCUT2D eigenvalue weighted by atomic mass is 9.92. The summed E-state index contributed by atoms with van der Waals surface area (Å²) in [6, 6.07) is 0.571. The topological polar surface area (TPSA) is 55.1 Å². The summed E-state index contributed by atoms with van der Waals surface area (Å²) in [6.07, 6.45) is 8.07. The van der Waals surface area contributed by atoms with Crippen LogP contribution in [-0.2, 0) is 11.2 Å². The largest absolute Gasteiger partial charge is 0.481 e. The summed E-state index contributed by atoms with van der Waals surface area (Å²) in [5.74, 6) is -0.744. The zero-order valence-electron chi connectivity index (χ0n) is 8.02. The number of carboxylic acids is 1. The first-order chi connectivity index (χ1) is 6.77. The van der Waals surface area contributed by atoms with Crippen LogP contribution >= 0.6 is 0 Å². The van der Waals surface area contributed by atoms with Gasteiger partial charge in [-0.3, -0.25) is 4.79 Å². The minimum absolute atomic E-state index is 0.193. The molecule has 14 heavy (non-hydrogen) atoms. The molecule has 4 nitrogen and oxygen atoms in total. The van der Waals surface area contributed by atoms with E-state index in [9.17, 15) is 4.79 Å². The van der Waals surface area contributed by atoms with Gasteiger partial charge in [-0.1, -0.05) is 0 Å². The van der Waals surface area contributed by atoms with Crippen molar-refractivity contribution in [1.29, 1.82) is 0 Å². The van der Waals surface area contributed by atoms with E-state index in [1.54, 1.807) is 6.20 Å². The highest BCUT2D eigenvalue weighted by molar-refractivity contribution is 5.66. The van der Waals surface area contributed by atoms with E-state index >= 15 is 0 Å². The van der Waals surface area contributed by atoms with E-state index in [-0.39, 0.29) is 6.42 Å². The predicted octanol–water partition coefficient (Wildman–Crippen LogP) is 1.63. The number of aryl methyl sites for hydroxylation is 1. The van der Waals surface area contributed by atoms with Crippen LogP contribution in [0.4, 0.5) is 0 Å². The first-order valence-corrected chi connectivity index (χ1v) is 5.00. The SMILES string of the molecule is O=C(O)CCc1cncn1C1CCC1. The fourth-order valence-electron chi connectivity index (χ4n) is 1.75. The number of carbonyl (C=O) groups is 1. The smallest absolute Gasteiger partial charge is 0.303 e. The van der Waals surface area contributed by atoms with E-state index in [0.717, 1.165) is 5.69 Å². The number of aliphatic carboxylic acids is 1. The average molecular weight is 194 g/mol. The molecule has 1 fully saturated rings. The highest BCUT2D eigenvalue weighted by atomic mass is 16.4. The molecule has 1 N–H and O–H groups in total. The quantitative estimate of drug-likeness (QED) is 0.792. The van der Waals surface area contributed by atoms with Gasteiger partial charge < -0.3 is 9.67 Å². The number of hydrogen-bond acceptors (Lipinski definition) is 2. The Morgan fingerprint density at radius 1 is 1.64 bits per heavy atom. The van der Waals surface area contributed by atoms with Gasteiger partial charge in [0.05, 0.1) is 12.7 Å². The van der Waals surface area contributed by atoms with Gasteiger partial charge in [-0.15, -0.1) is 0 Å². The lowest BCUT2D eigenvalue weighted by Crippen LogP contribution is -2.18. The van der Waals surface area contributed by atoms with Crippen LogP contribution in [0.1, 0.15) is 37.4 Å². The van der Waals surface area contributed by atoms with Crippen molar-refractivity contribution in [3.63, 3.8) is 0 Å². The summed E-state index contributed by atoms with van der Waals surface area (Å²) in [4.78, 5) is 14.5. The van der Waals surface area contributed by atoms with E-state index in [0.29, 0.717) is 12.5 Å². The predicted molar refractivity (Wildman–Crippen MR) is 51.1 cm³/mol.